The van der Waals surface area contributed by atoms with E-state index in [-0.39, 0.29) is 24.7 Å². The number of amides is 1. The van der Waals surface area contributed by atoms with Crippen LogP contribution in [0.3, 0.4) is 0 Å². The van der Waals surface area contributed by atoms with Gasteiger partial charge in [-0.2, -0.15) is 0 Å². The van der Waals surface area contributed by atoms with Gasteiger partial charge in [0.1, 0.15) is 5.92 Å². The van der Waals surface area contributed by atoms with Crippen molar-refractivity contribution in [1.29, 1.82) is 0 Å². The highest BCUT2D eigenvalue weighted by molar-refractivity contribution is 7.10. The Morgan fingerprint density at radius 2 is 2.32 bits per heavy atom. The summed E-state index contributed by atoms with van der Waals surface area (Å²) in [5.74, 6) is -1.58. The number of likely N-dealkylation sites (tertiary alicyclic amines) is 1. The van der Waals surface area contributed by atoms with Crippen LogP contribution >= 0.6 is 11.3 Å². The number of methoxy groups -OCH3 is 1. The summed E-state index contributed by atoms with van der Waals surface area (Å²) in [5, 5.41) is 1.92. The fraction of sp³-hybridized carbons (Fsp3) is 0.462. The van der Waals surface area contributed by atoms with Gasteiger partial charge in [0.15, 0.2) is 5.78 Å². The molecule has 0 saturated carbocycles. The lowest BCUT2D eigenvalue weighted by molar-refractivity contribution is -0.153. The zero-order valence-electron chi connectivity index (χ0n) is 10.6. The highest BCUT2D eigenvalue weighted by Gasteiger charge is 2.35. The molecule has 19 heavy (non-hydrogen) atoms. The van der Waals surface area contributed by atoms with Gasteiger partial charge in [0.05, 0.1) is 13.5 Å². The minimum absolute atomic E-state index is 0.0520. The van der Waals surface area contributed by atoms with Crippen molar-refractivity contribution in [1.82, 2.24) is 4.90 Å². The molecule has 0 N–H and O–H groups in total. The van der Waals surface area contributed by atoms with Crippen molar-refractivity contribution >= 4 is 29.0 Å². The van der Waals surface area contributed by atoms with E-state index in [4.69, 9.17) is 0 Å². The largest absolute Gasteiger partial charge is 0.468 e. The molecule has 102 valence electrons. The fourth-order valence-corrected chi connectivity index (χ4v) is 2.78. The maximum atomic E-state index is 12.1. The predicted molar refractivity (Wildman–Crippen MR) is 69.7 cm³/mol. The number of hydrogen-bond acceptors (Lipinski definition) is 5. The lowest BCUT2D eigenvalue weighted by Crippen LogP contribution is -2.47. The molecule has 0 radical (unpaired) electrons. The van der Waals surface area contributed by atoms with E-state index in [1.807, 2.05) is 17.5 Å². The van der Waals surface area contributed by atoms with Crippen molar-refractivity contribution < 1.29 is 19.1 Å². The van der Waals surface area contributed by atoms with Crippen LogP contribution in [0, 0.1) is 5.92 Å². The van der Waals surface area contributed by atoms with Gasteiger partial charge in [-0.25, -0.2) is 0 Å². The van der Waals surface area contributed by atoms with E-state index >= 15 is 0 Å². The van der Waals surface area contributed by atoms with Crippen molar-refractivity contribution in [2.24, 2.45) is 5.92 Å². The van der Waals surface area contributed by atoms with Crippen LogP contribution in [-0.4, -0.2) is 42.8 Å². The molecular weight excluding hydrogens is 266 g/mol. The minimum Gasteiger partial charge on any atom is -0.468 e. The SMILES string of the molecule is COC(=O)C1CN(C(=O)Cc2cccs2)CCC1=O. The van der Waals surface area contributed by atoms with E-state index in [1.54, 1.807) is 4.90 Å². The number of thiophene rings is 1. The summed E-state index contributed by atoms with van der Waals surface area (Å²) in [6.45, 7) is 0.520. The zero-order chi connectivity index (χ0) is 13.8. The molecule has 1 saturated heterocycles. The Hall–Kier alpha value is -1.69. The Bertz CT molecular complexity index is 475. The monoisotopic (exact) mass is 281 g/mol. The van der Waals surface area contributed by atoms with E-state index in [0.29, 0.717) is 13.0 Å². The predicted octanol–water partition coefficient (Wildman–Crippen LogP) is 0.881. The van der Waals surface area contributed by atoms with Crippen molar-refractivity contribution in [3.8, 4) is 0 Å². The molecule has 1 aromatic heterocycles. The van der Waals surface area contributed by atoms with Gasteiger partial charge in [-0.15, -0.1) is 11.3 Å². The summed E-state index contributed by atoms with van der Waals surface area (Å²) in [6, 6.07) is 3.79. The first kappa shape index (κ1) is 13.7. The summed E-state index contributed by atoms with van der Waals surface area (Å²) in [5.41, 5.74) is 0. The van der Waals surface area contributed by atoms with Crippen LogP contribution in [0.15, 0.2) is 17.5 Å². The molecule has 0 aromatic carbocycles. The van der Waals surface area contributed by atoms with Crippen LogP contribution in [0.25, 0.3) is 0 Å². The molecular formula is C13H15NO4S. The summed E-state index contributed by atoms with van der Waals surface area (Å²) in [4.78, 5) is 37.8. The first-order chi connectivity index (χ1) is 9.11. The second-order valence-electron chi connectivity index (χ2n) is 4.39. The third-order valence-corrected chi connectivity index (χ3v) is 4.04. The Morgan fingerprint density at radius 1 is 1.53 bits per heavy atom. The van der Waals surface area contributed by atoms with Gasteiger partial charge in [-0.1, -0.05) is 6.07 Å². The number of hydrogen-bond donors (Lipinski definition) is 0. The first-order valence-electron chi connectivity index (χ1n) is 6.02. The normalized spacial score (nSPS) is 19.3. The molecule has 1 unspecified atom stereocenters. The van der Waals surface area contributed by atoms with Crippen molar-refractivity contribution in [3.63, 3.8) is 0 Å². The number of ketones is 1. The third-order valence-electron chi connectivity index (χ3n) is 3.16. The van der Waals surface area contributed by atoms with Crippen LogP contribution < -0.4 is 0 Å². The summed E-state index contributed by atoms with van der Waals surface area (Å²) >= 11 is 1.52. The smallest absolute Gasteiger partial charge is 0.318 e. The number of carbonyl (C=O) groups is 3. The van der Waals surface area contributed by atoms with Gasteiger partial charge >= 0.3 is 5.97 Å². The lowest BCUT2D eigenvalue weighted by Gasteiger charge is -2.30. The molecule has 1 atom stereocenters. The molecule has 5 nitrogen and oxygen atoms in total. The maximum absolute atomic E-state index is 12.1. The van der Waals surface area contributed by atoms with E-state index in [1.165, 1.54) is 18.4 Å². The molecule has 1 aromatic rings. The van der Waals surface area contributed by atoms with Crippen LogP contribution in [0.1, 0.15) is 11.3 Å². The molecule has 1 fully saturated rings. The summed E-state index contributed by atoms with van der Waals surface area (Å²) in [6.07, 6.45) is 0.537. The second-order valence-corrected chi connectivity index (χ2v) is 5.42. The third kappa shape index (κ3) is 3.20. The van der Waals surface area contributed by atoms with Gasteiger partial charge < -0.3 is 9.64 Å². The Kier molecular flexibility index (Phi) is 4.31. The average Bonchev–Trinajstić information content (AvgIpc) is 2.91. The number of Topliss-reactive ketones (excluding diaryl/α,β-unsaturated/α-hetero) is 1. The standard InChI is InChI=1S/C13H15NO4S/c1-18-13(17)10-8-14(5-4-11(10)15)12(16)7-9-3-2-6-19-9/h2-3,6,10H,4-5,7-8H2,1H3. The first-order valence-corrected chi connectivity index (χ1v) is 6.90. The van der Waals surface area contributed by atoms with Gasteiger partial charge in [0.2, 0.25) is 5.91 Å². The molecule has 2 heterocycles. The lowest BCUT2D eigenvalue weighted by atomic mass is 9.96. The van der Waals surface area contributed by atoms with Crippen molar-refractivity contribution in [3.05, 3.63) is 22.4 Å². The van der Waals surface area contributed by atoms with Gasteiger partial charge in [-0.05, 0) is 11.4 Å². The highest BCUT2D eigenvalue weighted by Crippen LogP contribution is 2.17. The average molecular weight is 281 g/mol. The number of nitrogens with zero attached hydrogens (tertiary/aromatic N) is 1. The molecule has 6 heteroatoms. The summed E-state index contributed by atoms with van der Waals surface area (Å²) < 4.78 is 4.60. The molecule has 0 aliphatic carbocycles. The van der Waals surface area contributed by atoms with Crippen molar-refractivity contribution in [2.45, 2.75) is 12.8 Å². The Morgan fingerprint density at radius 3 is 2.95 bits per heavy atom. The molecule has 0 spiro atoms. The molecule has 0 bridgehead atoms. The Balaban J connectivity index is 1.99. The summed E-state index contributed by atoms with van der Waals surface area (Å²) in [7, 11) is 1.25. The van der Waals surface area contributed by atoms with Gasteiger partial charge in [0.25, 0.3) is 0 Å². The zero-order valence-corrected chi connectivity index (χ0v) is 11.4. The number of ether oxygens (including phenoxy) is 1. The number of rotatable bonds is 3. The van der Waals surface area contributed by atoms with E-state index in [0.717, 1.165) is 4.88 Å². The minimum atomic E-state index is -0.828. The quantitative estimate of drug-likeness (QED) is 0.609. The fourth-order valence-electron chi connectivity index (χ4n) is 2.08. The van der Waals surface area contributed by atoms with Gasteiger partial charge in [-0.3, -0.25) is 14.4 Å². The van der Waals surface area contributed by atoms with E-state index in [9.17, 15) is 14.4 Å². The number of esters is 1. The van der Waals surface area contributed by atoms with Crippen molar-refractivity contribution in [2.75, 3.05) is 20.2 Å². The molecule has 1 aliphatic heterocycles. The number of carbonyl (C=O) groups excluding carboxylic acids is 3. The topological polar surface area (TPSA) is 63.7 Å². The van der Waals surface area contributed by atoms with Crippen LogP contribution in [0.2, 0.25) is 0 Å². The Labute approximate surface area is 115 Å². The molecule has 2 rings (SSSR count). The van der Waals surface area contributed by atoms with E-state index < -0.39 is 11.9 Å². The maximum Gasteiger partial charge on any atom is 0.318 e. The molecule has 1 aliphatic rings. The number of piperidine rings is 1. The second kappa shape index (κ2) is 5.97. The highest BCUT2D eigenvalue weighted by atomic mass is 32.1. The van der Waals surface area contributed by atoms with Crippen LogP contribution in [-0.2, 0) is 25.5 Å². The van der Waals surface area contributed by atoms with E-state index in [2.05, 4.69) is 4.74 Å². The van der Waals surface area contributed by atoms with Crippen LogP contribution in [0.5, 0.6) is 0 Å². The van der Waals surface area contributed by atoms with Gasteiger partial charge in [0, 0.05) is 24.4 Å². The van der Waals surface area contributed by atoms with Crippen LogP contribution in [0.4, 0.5) is 0 Å². The molecule has 1 amide bonds.